The molecule has 0 bridgehead atoms. The molecule has 3 nitrogen and oxygen atoms in total. The van der Waals surface area contributed by atoms with E-state index in [1.165, 1.54) is 12.8 Å². The Balaban J connectivity index is 2.39. The van der Waals surface area contributed by atoms with Crippen LogP contribution in [0.5, 0.6) is 0 Å². The summed E-state index contributed by atoms with van der Waals surface area (Å²) in [6, 6.07) is 0. The molecule has 0 aliphatic heterocycles. The largest absolute Gasteiger partial charge is 0.394 e. The van der Waals surface area contributed by atoms with Gasteiger partial charge in [0.1, 0.15) is 0 Å². The van der Waals surface area contributed by atoms with Gasteiger partial charge in [0, 0.05) is 5.92 Å². The van der Waals surface area contributed by atoms with Crippen LogP contribution in [0.2, 0.25) is 0 Å². The minimum atomic E-state index is -0.486. The Hall–Kier alpha value is -0.570. The first-order valence-corrected chi connectivity index (χ1v) is 4.89. The monoisotopic (exact) mass is 185 g/mol. The van der Waals surface area contributed by atoms with Gasteiger partial charge in [-0.25, -0.2) is 0 Å². The highest BCUT2D eigenvalue weighted by molar-refractivity contribution is 5.79. The molecule has 0 aromatic heterocycles. The van der Waals surface area contributed by atoms with E-state index in [1.54, 1.807) is 0 Å². The van der Waals surface area contributed by atoms with Crippen molar-refractivity contribution < 1.29 is 9.90 Å². The molecule has 1 aliphatic carbocycles. The number of nitrogens with one attached hydrogen (secondary N) is 1. The minimum absolute atomic E-state index is 0.0177. The number of carbonyl (C=O) groups is 1. The molecule has 0 radical (unpaired) electrons. The maximum Gasteiger partial charge on any atom is 0.223 e. The molecule has 0 heterocycles. The number of hydrogen-bond donors (Lipinski definition) is 2. The topological polar surface area (TPSA) is 49.3 Å². The molecule has 1 saturated carbocycles. The fourth-order valence-electron chi connectivity index (χ4n) is 1.30. The third-order valence-electron chi connectivity index (χ3n) is 2.60. The van der Waals surface area contributed by atoms with E-state index in [2.05, 4.69) is 5.32 Å². The molecule has 1 fully saturated rings. The van der Waals surface area contributed by atoms with E-state index in [9.17, 15) is 4.79 Å². The van der Waals surface area contributed by atoms with Crippen LogP contribution in [0.1, 0.15) is 33.6 Å². The second-order valence-corrected chi connectivity index (χ2v) is 4.66. The number of amides is 1. The van der Waals surface area contributed by atoms with Crippen LogP contribution in [-0.4, -0.2) is 23.2 Å². The van der Waals surface area contributed by atoms with Gasteiger partial charge >= 0.3 is 0 Å². The summed E-state index contributed by atoms with van der Waals surface area (Å²) >= 11 is 0. The van der Waals surface area contributed by atoms with E-state index in [-0.39, 0.29) is 18.4 Å². The maximum absolute atomic E-state index is 11.6. The normalized spacial score (nSPS) is 19.7. The van der Waals surface area contributed by atoms with Gasteiger partial charge in [-0.2, -0.15) is 0 Å². The van der Waals surface area contributed by atoms with Crippen LogP contribution in [0.25, 0.3) is 0 Å². The molecule has 0 spiro atoms. The highest BCUT2D eigenvalue weighted by atomic mass is 16.3. The molecular formula is C10H19NO2. The number of aliphatic hydroxyl groups is 1. The Bertz CT molecular complexity index is 197. The molecule has 1 aliphatic rings. The highest BCUT2D eigenvalue weighted by Gasteiger charge is 2.34. The molecule has 0 aromatic rings. The molecule has 1 atom stereocenters. The average molecular weight is 185 g/mol. The van der Waals surface area contributed by atoms with Crippen LogP contribution < -0.4 is 5.32 Å². The second kappa shape index (κ2) is 3.66. The van der Waals surface area contributed by atoms with Crippen molar-refractivity contribution in [1.29, 1.82) is 0 Å². The lowest BCUT2D eigenvalue weighted by Crippen LogP contribution is -2.48. The lowest BCUT2D eigenvalue weighted by Gasteiger charge is -2.25. The van der Waals surface area contributed by atoms with Crippen LogP contribution >= 0.6 is 0 Å². The van der Waals surface area contributed by atoms with E-state index >= 15 is 0 Å². The molecule has 0 aromatic carbocycles. The van der Waals surface area contributed by atoms with Gasteiger partial charge in [0.25, 0.3) is 0 Å². The summed E-state index contributed by atoms with van der Waals surface area (Å²) in [7, 11) is 0. The predicted octanol–water partition coefficient (Wildman–Crippen LogP) is 0.920. The zero-order chi connectivity index (χ0) is 10.1. The van der Waals surface area contributed by atoms with Crippen molar-refractivity contribution in [3.63, 3.8) is 0 Å². The second-order valence-electron chi connectivity index (χ2n) is 4.66. The standard InChI is InChI=1S/C10H19NO2/c1-7(8-4-5-8)9(13)11-10(2,3)6-12/h7-8,12H,4-6H2,1-3H3,(H,11,13). The number of hydrogen-bond acceptors (Lipinski definition) is 2. The third kappa shape index (κ3) is 2.99. The molecule has 0 saturated heterocycles. The van der Waals surface area contributed by atoms with Gasteiger partial charge in [-0.05, 0) is 32.6 Å². The Morgan fingerprint density at radius 2 is 2.15 bits per heavy atom. The lowest BCUT2D eigenvalue weighted by atomic mass is 10.0. The van der Waals surface area contributed by atoms with Crippen molar-refractivity contribution in [2.45, 2.75) is 39.2 Å². The summed E-state index contributed by atoms with van der Waals surface area (Å²) in [5.41, 5.74) is -0.486. The summed E-state index contributed by atoms with van der Waals surface area (Å²) < 4.78 is 0. The van der Waals surface area contributed by atoms with Gasteiger partial charge in [0.15, 0.2) is 0 Å². The Morgan fingerprint density at radius 1 is 1.62 bits per heavy atom. The highest BCUT2D eigenvalue weighted by Crippen LogP contribution is 2.36. The number of aliphatic hydroxyl groups excluding tert-OH is 1. The minimum Gasteiger partial charge on any atom is -0.394 e. The van der Waals surface area contributed by atoms with Gasteiger partial charge in [0.05, 0.1) is 12.1 Å². The summed E-state index contributed by atoms with van der Waals surface area (Å²) in [5, 5.41) is 11.8. The van der Waals surface area contributed by atoms with Gasteiger partial charge in [-0.3, -0.25) is 4.79 Å². The molecule has 1 rings (SSSR count). The molecule has 76 valence electrons. The lowest BCUT2D eigenvalue weighted by molar-refractivity contribution is -0.127. The van der Waals surface area contributed by atoms with E-state index in [4.69, 9.17) is 5.11 Å². The van der Waals surface area contributed by atoms with Crippen molar-refractivity contribution in [3.8, 4) is 0 Å². The third-order valence-corrected chi connectivity index (χ3v) is 2.60. The SMILES string of the molecule is CC(C(=O)NC(C)(C)CO)C1CC1. The Labute approximate surface area is 79.5 Å². The maximum atomic E-state index is 11.6. The molecule has 3 heteroatoms. The van der Waals surface area contributed by atoms with Gasteiger partial charge in [0.2, 0.25) is 5.91 Å². The van der Waals surface area contributed by atoms with E-state index < -0.39 is 5.54 Å². The van der Waals surface area contributed by atoms with Crippen LogP contribution in [0.15, 0.2) is 0 Å². The molecule has 13 heavy (non-hydrogen) atoms. The zero-order valence-electron chi connectivity index (χ0n) is 8.63. The molecule has 1 unspecified atom stereocenters. The first kappa shape index (κ1) is 10.5. The van der Waals surface area contributed by atoms with Crippen molar-refractivity contribution in [2.24, 2.45) is 11.8 Å². The van der Waals surface area contributed by atoms with E-state index in [1.807, 2.05) is 20.8 Å². The van der Waals surface area contributed by atoms with Crippen LogP contribution in [0.4, 0.5) is 0 Å². The van der Waals surface area contributed by atoms with E-state index in [0.717, 1.165) is 0 Å². The summed E-state index contributed by atoms with van der Waals surface area (Å²) in [6.07, 6.45) is 2.35. The van der Waals surface area contributed by atoms with Crippen molar-refractivity contribution in [1.82, 2.24) is 5.32 Å². The molecule has 2 N–H and O–H groups in total. The van der Waals surface area contributed by atoms with Crippen LogP contribution in [0.3, 0.4) is 0 Å². The summed E-state index contributed by atoms with van der Waals surface area (Å²) in [5.74, 6) is 0.752. The molecular weight excluding hydrogens is 166 g/mol. The van der Waals surface area contributed by atoms with Crippen molar-refractivity contribution >= 4 is 5.91 Å². The fraction of sp³-hybridized carbons (Fsp3) is 0.900. The van der Waals surface area contributed by atoms with Gasteiger partial charge in [-0.1, -0.05) is 6.92 Å². The Kier molecular flexibility index (Phi) is 2.96. The number of rotatable bonds is 4. The smallest absolute Gasteiger partial charge is 0.223 e. The zero-order valence-corrected chi connectivity index (χ0v) is 8.63. The van der Waals surface area contributed by atoms with Crippen molar-refractivity contribution in [3.05, 3.63) is 0 Å². The quantitative estimate of drug-likeness (QED) is 0.684. The van der Waals surface area contributed by atoms with Crippen LogP contribution in [0, 0.1) is 11.8 Å². The van der Waals surface area contributed by atoms with Gasteiger partial charge in [-0.15, -0.1) is 0 Å². The Morgan fingerprint density at radius 3 is 2.54 bits per heavy atom. The summed E-state index contributed by atoms with van der Waals surface area (Å²) in [4.78, 5) is 11.6. The summed E-state index contributed by atoms with van der Waals surface area (Å²) in [6.45, 7) is 5.59. The first-order valence-electron chi connectivity index (χ1n) is 4.89. The first-order chi connectivity index (χ1) is 5.96. The number of carbonyl (C=O) groups excluding carboxylic acids is 1. The van der Waals surface area contributed by atoms with Gasteiger partial charge < -0.3 is 10.4 Å². The average Bonchev–Trinajstić information content (AvgIpc) is 2.85. The fourth-order valence-corrected chi connectivity index (χ4v) is 1.30. The van der Waals surface area contributed by atoms with Crippen molar-refractivity contribution in [2.75, 3.05) is 6.61 Å². The predicted molar refractivity (Wildman–Crippen MR) is 51.2 cm³/mol. The molecule has 1 amide bonds. The van der Waals surface area contributed by atoms with E-state index in [0.29, 0.717) is 5.92 Å². The van der Waals surface area contributed by atoms with Crippen LogP contribution in [-0.2, 0) is 4.79 Å².